The second-order valence-electron chi connectivity index (χ2n) is 3.48. The van der Waals surface area contributed by atoms with Crippen LogP contribution in [0, 0.1) is 11.6 Å². The molecule has 18 heavy (non-hydrogen) atoms. The summed E-state index contributed by atoms with van der Waals surface area (Å²) in [6.07, 6.45) is 0. The van der Waals surface area contributed by atoms with Gasteiger partial charge in [-0.05, 0) is 24.3 Å². The monoisotopic (exact) mass is 250 g/mol. The average molecular weight is 250 g/mol. The Morgan fingerprint density at radius 2 is 1.67 bits per heavy atom. The van der Waals surface area contributed by atoms with E-state index >= 15 is 0 Å². The summed E-state index contributed by atoms with van der Waals surface area (Å²) in [7, 11) is 0. The van der Waals surface area contributed by atoms with Crippen molar-refractivity contribution in [1.82, 2.24) is 0 Å². The van der Waals surface area contributed by atoms with Crippen LogP contribution in [0.25, 0.3) is 0 Å². The fourth-order valence-corrected chi connectivity index (χ4v) is 1.40. The minimum Gasteiger partial charge on any atom is -0.508 e. The molecule has 0 saturated heterocycles. The highest BCUT2D eigenvalue weighted by molar-refractivity contribution is 5.91. The minimum atomic E-state index is -1.16. The number of benzene rings is 2. The molecule has 92 valence electrons. The maximum Gasteiger partial charge on any atom is 0.349 e. The van der Waals surface area contributed by atoms with E-state index in [0.29, 0.717) is 0 Å². The third-order valence-corrected chi connectivity index (χ3v) is 2.20. The summed E-state index contributed by atoms with van der Waals surface area (Å²) in [4.78, 5) is 11.6. The van der Waals surface area contributed by atoms with Gasteiger partial charge in [-0.1, -0.05) is 12.1 Å². The largest absolute Gasteiger partial charge is 0.508 e. The second kappa shape index (κ2) is 4.83. The molecule has 3 nitrogen and oxygen atoms in total. The van der Waals surface area contributed by atoms with Gasteiger partial charge in [-0.25, -0.2) is 13.6 Å². The van der Waals surface area contributed by atoms with Crippen LogP contribution in [0.5, 0.6) is 11.5 Å². The molecule has 1 N–H and O–H groups in total. The molecule has 0 amide bonds. The zero-order chi connectivity index (χ0) is 13.1. The van der Waals surface area contributed by atoms with Crippen LogP contribution in [0.2, 0.25) is 0 Å². The summed E-state index contributed by atoms with van der Waals surface area (Å²) in [5, 5.41) is 9.17. The van der Waals surface area contributed by atoms with Gasteiger partial charge in [-0.3, -0.25) is 0 Å². The predicted molar refractivity (Wildman–Crippen MR) is 59.4 cm³/mol. The van der Waals surface area contributed by atoms with Gasteiger partial charge in [-0.15, -0.1) is 0 Å². The summed E-state index contributed by atoms with van der Waals surface area (Å²) >= 11 is 0. The lowest BCUT2D eigenvalue weighted by atomic mass is 10.2. The van der Waals surface area contributed by atoms with Gasteiger partial charge < -0.3 is 9.84 Å². The predicted octanol–water partition coefficient (Wildman–Crippen LogP) is 2.89. The maximum atomic E-state index is 13.3. The molecule has 0 unspecified atom stereocenters. The fraction of sp³-hybridized carbons (Fsp3) is 0. The van der Waals surface area contributed by atoms with Gasteiger partial charge in [0.2, 0.25) is 0 Å². The highest BCUT2D eigenvalue weighted by Crippen LogP contribution is 2.20. The van der Waals surface area contributed by atoms with Crippen molar-refractivity contribution in [2.24, 2.45) is 0 Å². The van der Waals surface area contributed by atoms with E-state index in [2.05, 4.69) is 0 Å². The van der Waals surface area contributed by atoms with Gasteiger partial charge in [0.1, 0.15) is 28.7 Å². The summed E-state index contributed by atoms with van der Waals surface area (Å²) in [5.74, 6) is -3.27. The first-order valence-corrected chi connectivity index (χ1v) is 5.03. The number of phenols is 1. The number of hydrogen-bond acceptors (Lipinski definition) is 3. The topological polar surface area (TPSA) is 46.5 Å². The zero-order valence-corrected chi connectivity index (χ0v) is 9.06. The summed E-state index contributed by atoms with van der Waals surface area (Å²) in [5.41, 5.74) is -0.763. The van der Waals surface area contributed by atoms with Crippen molar-refractivity contribution in [3.8, 4) is 11.5 Å². The molecule has 0 bridgehead atoms. The Kier molecular flexibility index (Phi) is 3.23. The lowest BCUT2D eigenvalue weighted by Gasteiger charge is -2.06. The molecule has 0 saturated carbocycles. The van der Waals surface area contributed by atoms with Crippen LogP contribution in [0.3, 0.4) is 0 Å². The normalized spacial score (nSPS) is 10.1. The molecule has 0 aliphatic carbocycles. The lowest BCUT2D eigenvalue weighted by molar-refractivity contribution is 0.0724. The van der Waals surface area contributed by atoms with E-state index < -0.39 is 23.2 Å². The van der Waals surface area contributed by atoms with E-state index in [9.17, 15) is 13.6 Å². The number of carbonyl (C=O) groups excluding carboxylic acids is 1. The van der Waals surface area contributed by atoms with Gasteiger partial charge in [0.25, 0.3) is 0 Å². The Morgan fingerprint density at radius 3 is 2.28 bits per heavy atom. The molecule has 0 aliphatic heterocycles. The molecular formula is C13H8F2O3. The van der Waals surface area contributed by atoms with Crippen molar-refractivity contribution in [2.75, 3.05) is 0 Å². The fourth-order valence-electron chi connectivity index (χ4n) is 1.40. The molecule has 2 rings (SSSR count). The van der Waals surface area contributed by atoms with Gasteiger partial charge in [-0.2, -0.15) is 0 Å². The lowest BCUT2D eigenvalue weighted by Crippen LogP contribution is -2.12. The number of aromatic hydroxyl groups is 1. The van der Waals surface area contributed by atoms with Crippen LogP contribution in [0.1, 0.15) is 10.4 Å². The molecule has 2 aromatic carbocycles. The van der Waals surface area contributed by atoms with Crippen molar-refractivity contribution in [2.45, 2.75) is 0 Å². The molecule has 0 atom stereocenters. The zero-order valence-electron chi connectivity index (χ0n) is 9.06. The number of phenolic OH excluding ortho intramolecular Hbond substituents is 1. The Morgan fingerprint density at radius 1 is 1.06 bits per heavy atom. The highest BCUT2D eigenvalue weighted by Gasteiger charge is 2.19. The third-order valence-electron chi connectivity index (χ3n) is 2.20. The second-order valence-corrected chi connectivity index (χ2v) is 3.48. The van der Waals surface area contributed by atoms with E-state index in [1.165, 1.54) is 18.2 Å². The summed E-state index contributed by atoms with van der Waals surface area (Å²) in [6.45, 7) is 0. The van der Waals surface area contributed by atoms with Crippen LogP contribution in [-0.4, -0.2) is 11.1 Å². The van der Waals surface area contributed by atoms with Crippen molar-refractivity contribution in [3.05, 3.63) is 59.7 Å². The van der Waals surface area contributed by atoms with Gasteiger partial charge in [0.15, 0.2) is 0 Å². The number of halogens is 2. The molecule has 0 radical (unpaired) electrons. The first-order valence-electron chi connectivity index (χ1n) is 5.03. The van der Waals surface area contributed by atoms with Crippen molar-refractivity contribution < 1.29 is 23.4 Å². The smallest absolute Gasteiger partial charge is 0.349 e. The molecule has 5 heteroatoms. The number of esters is 1. The van der Waals surface area contributed by atoms with E-state index in [-0.39, 0.29) is 11.5 Å². The minimum absolute atomic E-state index is 0.00246. The summed E-state index contributed by atoms with van der Waals surface area (Å²) < 4.78 is 31.3. The highest BCUT2D eigenvalue weighted by atomic mass is 19.1. The molecular weight excluding hydrogens is 242 g/mol. The standard InChI is InChI=1S/C13H8F2O3/c14-10-5-2-6-11(15)12(10)13(17)18-9-4-1-3-8(16)7-9/h1-7,16H. The Hall–Kier alpha value is -2.43. The molecule has 0 heterocycles. The van der Waals surface area contributed by atoms with Gasteiger partial charge in [0.05, 0.1) is 0 Å². The van der Waals surface area contributed by atoms with Crippen LogP contribution in [-0.2, 0) is 0 Å². The van der Waals surface area contributed by atoms with Crippen LogP contribution >= 0.6 is 0 Å². The third kappa shape index (κ3) is 2.45. The Labute approximate surface area is 101 Å². The molecule has 0 aromatic heterocycles. The van der Waals surface area contributed by atoms with Gasteiger partial charge in [0, 0.05) is 6.07 Å². The van der Waals surface area contributed by atoms with Crippen molar-refractivity contribution in [3.63, 3.8) is 0 Å². The van der Waals surface area contributed by atoms with Gasteiger partial charge >= 0.3 is 5.97 Å². The van der Waals surface area contributed by atoms with Crippen molar-refractivity contribution >= 4 is 5.97 Å². The number of rotatable bonds is 2. The molecule has 2 aromatic rings. The quantitative estimate of drug-likeness (QED) is 0.658. The molecule has 0 aliphatic rings. The number of carbonyl (C=O) groups is 1. The van der Waals surface area contributed by atoms with E-state index in [1.54, 1.807) is 0 Å². The van der Waals surface area contributed by atoms with Crippen LogP contribution in [0.15, 0.2) is 42.5 Å². The Bertz CT molecular complexity index is 576. The van der Waals surface area contributed by atoms with E-state index in [4.69, 9.17) is 9.84 Å². The first-order chi connectivity index (χ1) is 8.58. The SMILES string of the molecule is O=C(Oc1cccc(O)c1)c1c(F)cccc1F. The van der Waals surface area contributed by atoms with Crippen LogP contribution < -0.4 is 4.74 Å². The maximum absolute atomic E-state index is 13.3. The number of hydrogen-bond donors (Lipinski definition) is 1. The average Bonchev–Trinajstić information content (AvgIpc) is 2.28. The first kappa shape index (κ1) is 12.0. The summed E-state index contributed by atoms with van der Waals surface area (Å²) in [6, 6.07) is 8.43. The number of ether oxygens (including phenoxy) is 1. The Balaban J connectivity index is 2.28. The molecule has 0 spiro atoms. The van der Waals surface area contributed by atoms with E-state index in [0.717, 1.165) is 24.3 Å². The van der Waals surface area contributed by atoms with E-state index in [1.807, 2.05) is 0 Å². The molecule has 0 fully saturated rings. The van der Waals surface area contributed by atoms with Crippen molar-refractivity contribution in [1.29, 1.82) is 0 Å². The van der Waals surface area contributed by atoms with Crippen LogP contribution in [0.4, 0.5) is 8.78 Å².